The van der Waals surface area contributed by atoms with Crippen LogP contribution in [0.25, 0.3) is 0 Å². The molecule has 0 aromatic carbocycles. The average Bonchev–Trinajstić information content (AvgIpc) is 3.21. The van der Waals surface area contributed by atoms with E-state index in [1.54, 1.807) is 0 Å². The molecule has 0 aromatic heterocycles. The second kappa shape index (κ2) is 6.99. The molecule has 1 heterocycles. The van der Waals surface area contributed by atoms with Crippen molar-refractivity contribution in [2.45, 2.75) is 70.1 Å². The topological polar surface area (TPSA) is 32.3 Å². The van der Waals surface area contributed by atoms with E-state index < -0.39 is 12.6 Å². The van der Waals surface area contributed by atoms with Crippen molar-refractivity contribution in [1.82, 2.24) is 10.2 Å². The third kappa shape index (κ3) is 5.85. The van der Waals surface area contributed by atoms with Crippen LogP contribution in [-0.2, 0) is 4.79 Å². The monoisotopic (exact) mass is 306 g/mol. The quantitative estimate of drug-likeness (QED) is 0.818. The van der Waals surface area contributed by atoms with Crippen LogP contribution in [0.15, 0.2) is 0 Å². The molecule has 1 aliphatic carbocycles. The van der Waals surface area contributed by atoms with Gasteiger partial charge in [0, 0.05) is 37.5 Å². The molecule has 2 fully saturated rings. The summed E-state index contributed by atoms with van der Waals surface area (Å²) in [6.07, 6.45) is -0.149. The molecule has 0 aromatic rings. The number of rotatable bonds is 6. The van der Waals surface area contributed by atoms with Gasteiger partial charge in [-0.3, -0.25) is 4.79 Å². The molecular weight excluding hydrogens is 281 g/mol. The lowest BCUT2D eigenvalue weighted by Gasteiger charge is -2.34. The minimum atomic E-state index is -4.05. The number of hydrogen-bond donors (Lipinski definition) is 1. The third-order valence-electron chi connectivity index (χ3n) is 4.35. The number of halogens is 3. The molecule has 122 valence electrons. The van der Waals surface area contributed by atoms with Crippen molar-refractivity contribution in [1.29, 1.82) is 0 Å². The first kappa shape index (κ1) is 16.6. The largest absolute Gasteiger partial charge is 0.389 e. The fraction of sp³-hybridized carbons (Fsp3) is 0.933. The van der Waals surface area contributed by atoms with Gasteiger partial charge in [0.25, 0.3) is 0 Å². The van der Waals surface area contributed by atoms with E-state index in [1.165, 1.54) is 0 Å². The molecule has 1 unspecified atom stereocenters. The van der Waals surface area contributed by atoms with E-state index in [0.29, 0.717) is 18.4 Å². The lowest BCUT2D eigenvalue weighted by Crippen LogP contribution is -2.47. The Morgan fingerprint density at radius 2 is 1.86 bits per heavy atom. The Hall–Kier alpha value is -0.780. The van der Waals surface area contributed by atoms with Crippen molar-refractivity contribution in [3.63, 3.8) is 0 Å². The van der Waals surface area contributed by atoms with Gasteiger partial charge in [0.1, 0.15) is 0 Å². The highest BCUT2D eigenvalue weighted by Gasteiger charge is 2.35. The maximum absolute atomic E-state index is 12.1. The summed E-state index contributed by atoms with van der Waals surface area (Å²) in [6.45, 7) is 3.50. The van der Waals surface area contributed by atoms with Gasteiger partial charge in [0.05, 0.1) is 0 Å². The Labute approximate surface area is 124 Å². The molecule has 0 spiro atoms. The number of carbonyl (C=O) groups is 1. The summed E-state index contributed by atoms with van der Waals surface area (Å²) in [5.41, 5.74) is 0. The first-order valence-electron chi connectivity index (χ1n) is 7.97. The number of hydrogen-bond acceptors (Lipinski definition) is 2. The molecule has 1 atom stereocenters. The van der Waals surface area contributed by atoms with Crippen LogP contribution >= 0.6 is 0 Å². The van der Waals surface area contributed by atoms with Gasteiger partial charge in [-0.2, -0.15) is 13.2 Å². The molecule has 0 bridgehead atoms. The third-order valence-corrected chi connectivity index (χ3v) is 4.35. The summed E-state index contributed by atoms with van der Waals surface area (Å²) in [5, 5.41) is 3.40. The highest BCUT2D eigenvalue weighted by atomic mass is 19.4. The maximum Gasteiger partial charge on any atom is 0.389 e. The van der Waals surface area contributed by atoms with Gasteiger partial charge in [-0.1, -0.05) is 0 Å². The predicted molar refractivity (Wildman–Crippen MR) is 74.8 cm³/mol. The van der Waals surface area contributed by atoms with Crippen molar-refractivity contribution in [2.24, 2.45) is 5.92 Å². The van der Waals surface area contributed by atoms with Gasteiger partial charge in [-0.25, -0.2) is 0 Å². The van der Waals surface area contributed by atoms with Crippen LogP contribution in [0, 0.1) is 5.92 Å². The van der Waals surface area contributed by atoms with Crippen LogP contribution in [0.5, 0.6) is 0 Å². The van der Waals surface area contributed by atoms with E-state index >= 15 is 0 Å². The lowest BCUT2D eigenvalue weighted by atomic mass is 10.0. The molecule has 6 heteroatoms. The molecule has 2 rings (SSSR count). The van der Waals surface area contributed by atoms with Gasteiger partial charge in [0.2, 0.25) is 5.91 Å². The fourth-order valence-electron chi connectivity index (χ4n) is 2.95. The normalized spacial score (nSPS) is 22.4. The first-order chi connectivity index (χ1) is 9.85. The van der Waals surface area contributed by atoms with E-state index in [2.05, 4.69) is 5.32 Å². The highest BCUT2D eigenvalue weighted by molar-refractivity contribution is 5.81. The lowest BCUT2D eigenvalue weighted by molar-refractivity contribution is -0.135. The van der Waals surface area contributed by atoms with Crippen molar-refractivity contribution in [3.05, 3.63) is 0 Å². The SMILES string of the molecule is CC(CCCC(F)(F)F)NC1CCN(C(=O)C2CC2)CC1. The van der Waals surface area contributed by atoms with E-state index in [0.717, 1.165) is 38.8 Å². The van der Waals surface area contributed by atoms with Crippen LogP contribution in [0.1, 0.15) is 51.9 Å². The van der Waals surface area contributed by atoms with Crippen molar-refractivity contribution < 1.29 is 18.0 Å². The number of piperidine rings is 1. The molecule has 1 saturated carbocycles. The Morgan fingerprint density at radius 3 is 2.38 bits per heavy atom. The van der Waals surface area contributed by atoms with Gasteiger partial charge >= 0.3 is 6.18 Å². The Kier molecular flexibility index (Phi) is 5.52. The molecule has 0 radical (unpaired) electrons. The molecule has 1 aliphatic heterocycles. The zero-order chi connectivity index (χ0) is 15.5. The van der Waals surface area contributed by atoms with E-state index in [1.807, 2.05) is 11.8 Å². The van der Waals surface area contributed by atoms with E-state index in [-0.39, 0.29) is 18.4 Å². The molecular formula is C15H25F3N2O. The summed E-state index contributed by atoms with van der Waals surface area (Å²) in [7, 11) is 0. The molecule has 3 nitrogen and oxygen atoms in total. The zero-order valence-electron chi connectivity index (χ0n) is 12.6. The zero-order valence-corrected chi connectivity index (χ0v) is 12.6. The van der Waals surface area contributed by atoms with Crippen LogP contribution in [0.2, 0.25) is 0 Å². The fourth-order valence-corrected chi connectivity index (χ4v) is 2.95. The van der Waals surface area contributed by atoms with Crippen molar-refractivity contribution in [2.75, 3.05) is 13.1 Å². The number of likely N-dealkylation sites (tertiary alicyclic amines) is 1. The molecule has 1 N–H and O–H groups in total. The number of amides is 1. The summed E-state index contributed by atoms with van der Waals surface area (Å²) in [6, 6.07) is 0.428. The smallest absolute Gasteiger partial charge is 0.342 e. The molecule has 2 aliphatic rings. The van der Waals surface area contributed by atoms with Gasteiger partial charge in [0.15, 0.2) is 0 Å². The van der Waals surface area contributed by atoms with Gasteiger partial charge in [-0.05, 0) is 45.4 Å². The predicted octanol–water partition coefficient (Wildman–Crippen LogP) is 3.10. The summed E-state index contributed by atoms with van der Waals surface area (Å²) in [5.74, 6) is 0.572. The Bertz CT molecular complexity index is 347. The number of carbonyl (C=O) groups excluding carboxylic acids is 1. The Morgan fingerprint density at radius 1 is 1.24 bits per heavy atom. The van der Waals surface area contributed by atoms with E-state index in [9.17, 15) is 18.0 Å². The summed E-state index contributed by atoms with van der Waals surface area (Å²) in [4.78, 5) is 13.9. The molecule has 1 amide bonds. The van der Waals surface area contributed by atoms with Crippen LogP contribution in [-0.4, -0.2) is 42.2 Å². The number of nitrogens with one attached hydrogen (secondary N) is 1. The van der Waals surface area contributed by atoms with Crippen molar-refractivity contribution >= 4 is 5.91 Å². The minimum absolute atomic E-state index is 0.100. The second-order valence-corrected chi connectivity index (χ2v) is 6.45. The molecule has 21 heavy (non-hydrogen) atoms. The van der Waals surface area contributed by atoms with Crippen LogP contribution in [0.4, 0.5) is 13.2 Å². The average molecular weight is 306 g/mol. The standard InChI is InChI=1S/C15H25F3N2O/c1-11(3-2-8-15(16,17)18)19-13-6-9-20(10-7-13)14(21)12-4-5-12/h11-13,19H,2-10H2,1H3. The van der Waals surface area contributed by atoms with Gasteiger partial charge < -0.3 is 10.2 Å². The maximum atomic E-state index is 12.1. The molecule has 1 saturated heterocycles. The second-order valence-electron chi connectivity index (χ2n) is 6.45. The minimum Gasteiger partial charge on any atom is -0.342 e. The van der Waals surface area contributed by atoms with Gasteiger partial charge in [-0.15, -0.1) is 0 Å². The van der Waals surface area contributed by atoms with Crippen LogP contribution < -0.4 is 5.32 Å². The summed E-state index contributed by atoms with van der Waals surface area (Å²) >= 11 is 0. The van der Waals surface area contributed by atoms with Crippen LogP contribution in [0.3, 0.4) is 0 Å². The number of alkyl halides is 3. The first-order valence-corrected chi connectivity index (χ1v) is 7.97. The highest BCUT2D eigenvalue weighted by Crippen LogP contribution is 2.32. The van der Waals surface area contributed by atoms with E-state index in [4.69, 9.17) is 0 Å². The Balaban J connectivity index is 1.60. The van der Waals surface area contributed by atoms with Crippen molar-refractivity contribution in [3.8, 4) is 0 Å². The number of nitrogens with zero attached hydrogens (tertiary/aromatic N) is 1. The summed E-state index contributed by atoms with van der Waals surface area (Å²) < 4.78 is 36.3.